The first kappa shape index (κ1) is 20.0. The molecule has 1 amide bonds. The summed E-state index contributed by atoms with van der Waals surface area (Å²) in [6.07, 6.45) is 1.29. The van der Waals surface area contributed by atoms with Gasteiger partial charge in [-0.1, -0.05) is 12.1 Å². The molecule has 3 rings (SSSR count). The molecule has 1 fully saturated rings. The number of ether oxygens (including phenoxy) is 1. The number of benzene rings is 2. The Balaban J connectivity index is 1.51. The molecule has 1 aliphatic heterocycles. The Morgan fingerprint density at radius 1 is 1.15 bits per heavy atom. The number of anilines is 2. The second-order valence-electron chi connectivity index (χ2n) is 6.73. The van der Waals surface area contributed by atoms with Gasteiger partial charge in [0.1, 0.15) is 5.75 Å². The number of carbonyl (C=O) groups is 1. The number of amides is 1. The monoisotopic (exact) mass is 402 g/mol. The van der Waals surface area contributed by atoms with Crippen LogP contribution in [-0.2, 0) is 4.79 Å². The van der Waals surface area contributed by atoms with Crippen molar-refractivity contribution in [3.8, 4) is 5.75 Å². The van der Waals surface area contributed by atoms with E-state index in [-0.39, 0.29) is 12.5 Å². The Labute approximate surface area is 170 Å². The van der Waals surface area contributed by atoms with Crippen molar-refractivity contribution in [2.24, 2.45) is 0 Å². The number of hydrogen-bond acceptors (Lipinski definition) is 5. The molecule has 2 aromatic carbocycles. The van der Waals surface area contributed by atoms with Gasteiger partial charge in [-0.15, -0.1) is 23.5 Å². The fraction of sp³-hybridized carbons (Fsp3) is 0.381. The van der Waals surface area contributed by atoms with Crippen LogP contribution >= 0.6 is 23.5 Å². The largest absolute Gasteiger partial charge is 0.484 e. The van der Waals surface area contributed by atoms with Crippen LogP contribution in [0, 0.1) is 6.92 Å². The lowest BCUT2D eigenvalue weighted by Gasteiger charge is -2.21. The van der Waals surface area contributed by atoms with E-state index in [1.807, 2.05) is 73.7 Å². The molecule has 0 bridgehead atoms. The Morgan fingerprint density at radius 3 is 2.48 bits per heavy atom. The highest BCUT2D eigenvalue weighted by Gasteiger charge is 2.16. The molecule has 1 aliphatic rings. The van der Waals surface area contributed by atoms with Gasteiger partial charge in [-0.3, -0.25) is 4.79 Å². The van der Waals surface area contributed by atoms with E-state index in [9.17, 15) is 4.79 Å². The quantitative estimate of drug-likeness (QED) is 0.741. The highest BCUT2D eigenvalue weighted by Crippen LogP contribution is 2.43. The number of rotatable bonds is 6. The molecule has 0 aromatic heterocycles. The topological polar surface area (TPSA) is 41.6 Å². The van der Waals surface area contributed by atoms with Gasteiger partial charge >= 0.3 is 0 Å². The van der Waals surface area contributed by atoms with E-state index in [1.165, 1.54) is 23.5 Å². The van der Waals surface area contributed by atoms with E-state index in [1.54, 1.807) is 0 Å². The maximum atomic E-state index is 12.2. The van der Waals surface area contributed by atoms with Crippen molar-refractivity contribution in [1.82, 2.24) is 0 Å². The van der Waals surface area contributed by atoms with Crippen LogP contribution < -0.4 is 15.0 Å². The Morgan fingerprint density at radius 2 is 1.85 bits per heavy atom. The fourth-order valence-corrected chi connectivity index (χ4v) is 5.70. The fourth-order valence-electron chi connectivity index (χ4n) is 2.80. The van der Waals surface area contributed by atoms with Crippen molar-refractivity contribution < 1.29 is 9.53 Å². The summed E-state index contributed by atoms with van der Waals surface area (Å²) >= 11 is 4.00. The van der Waals surface area contributed by atoms with Crippen molar-refractivity contribution in [2.45, 2.75) is 17.9 Å². The Hall–Kier alpha value is -1.79. The molecule has 0 aliphatic carbocycles. The number of thioether (sulfide) groups is 2. The van der Waals surface area contributed by atoms with E-state index in [4.69, 9.17) is 4.74 Å². The molecule has 0 unspecified atom stereocenters. The molecule has 6 heteroatoms. The molecule has 2 aromatic rings. The van der Waals surface area contributed by atoms with Crippen molar-refractivity contribution in [3.05, 3.63) is 53.6 Å². The maximum absolute atomic E-state index is 12.2. The van der Waals surface area contributed by atoms with Gasteiger partial charge in [0.2, 0.25) is 0 Å². The van der Waals surface area contributed by atoms with Gasteiger partial charge in [0.25, 0.3) is 5.91 Å². The minimum Gasteiger partial charge on any atom is -0.484 e. The highest BCUT2D eigenvalue weighted by atomic mass is 32.2. The molecule has 144 valence electrons. The molecule has 1 N–H and O–H groups in total. The molecular weight excluding hydrogens is 376 g/mol. The minimum absolute atomic E-state index is 0.00114. The third-order valence-corrected chi connectivity index (χ3v) is 7.36. The smallest absolute Gasteiger partial charge is 0.262 e. The van der Waals surface area contributed by atoms with Crippen molar-refractivity contribution in [1.29, 1.82) is 0 Å². The van der Waals surface area contributed by atoms with E-state index in [2.05, 4.69) is 23.5 Å². The number of aryl methyl sites for hydroxylation is 1. The molecule has 27 heavy (non-hydrogen) atoms. The standard InChI is InChI=1S/C21H26N2O2S2/c1-15-13-17(23(2)3)7-10-19(15)22-20(24)14-25-18-8-5-16(6-9-18)21-26-11-4-12-27-21/h5-10,13,21H,4,11-12,14H2,1-3H3,(H,22,24). The summed E-state index contributed by atoms with van der Waals surface area (Å²) in [6.45, 7) is 1.99. The SMILES string of the molecule is Cc1cc(N(C)C)ccc1NC(=O)COc1ccc(C2SCCCS2)cc1. The average molecular weight is 403 g/mol. The maximum Gasteiger partial charge on any atom is 0.262 e. The molecule has 0 radical (unpaired) electrons. The zero-order valence-electron chi connectivity index (χ0n) is 16.0. The van der Waals surface area contributed by atoms with Gasteiger partial charge in [-0.25, -0.2) is 0 Å². The lowest BCUT2D eigenvalue weighted by molar-refractivity contribution is -0.118. The predicted molar refractivity (Wildman–Crippen MR) is 118 cm³/mol. The summed E-state index contributed by atoms with van der Waals surface area (Å²) in [5.41, 5.74) is 4.27. The van der Waals surface area contributed by atoms with Crippen LogP contribution in [0.15, 0.2) is 42.5 Å². The molecule has 4 nitrogen and oxygen atoms in total. The van der Waals surface area contributed by atoms with Crippen molar-refractivity contribution >= 4 is 40.8 Å². The average Bonchev–Trinajstić information content (AvgIpc) is 2.69. The second kappa shape index (κ2) is 9.42. The van der Waals surface area contributed by atoms with Gasteiger partial charge in [0, 0.05) is 25.5 Å². The molecular formula is C21H26N2O2S2. The third kappa shape index (κ3) is 5.59. The van der Waals surface area contributed by atoms with Crippen LogP contribution in [0.25, 0.3) is 0 Å². The van der Waals surface area contributed by atoms with Crippen LogP contribution in [0.1, 0.15) is 22.1 Å². The molecule has 1 saturated heterocycles. The molecule has 1 heterocycles. The summed E-state index contributed by atoms with van der Waals surface area (Å²) in [7, 11) is 4.00. The zero-order valence-corrected chi connectivity index (χ0v) is 17.7. The zero-order chi connectivity index (χ0) is 19.2. The molecule has 0 atom stereocenters. The normalized spacial score (nSPS) is 14.6. The van der Waals surface area contributed by atoms with Crippen molar-refractivity contribution in [2.75, 3.05) is 42.4 Å². The lowest BCUT2D eigenvalue weighted by atomic mass is 10.1. The van der Waals surface area contributed by atoms with Crippen LogP contribution in [0.2, 0.25) is 0 Å². The van der Waals surface area contributed by atoms with Crippen LogP contribution in [-0.4, -0.2) is 38.1 Å². The predicted octanol–water partition coefficient (Wildman–Crippen LogP) is 4.95. The Kier molecular flexibility index (Phi) is 6.96. The Bertz CT molecular complexity index is 772. The van der Waals surface area contributed by atoms with E-state index < -0.39 is 0 Å². The van der Waals surface area contributed by atoms with E-state index in [0.29, 0.717) is 4.58 Å². The van der Waals surface area contributed by atoms with Gasteiger partial charge in [0.15, 0.2) is 6.61 Å². The second-order valence-corrected chi connectivity index (χ2v) is 9.45. The van der Waals surface area contributed by atoms with Crippen LogP contribution in [0.4, 0.5) is 11.4 Å². The highest BCUT2D eigenvalue weighted by molar-refractivity contribution is 8.16. The summed E-state index contributed by atoms with van der Waals surface area (Å²) in [6, 6.07) is 14.1. The first-order valence-corrected chi connectivity index (χ1v) is 11.2. The van der Waals surface area contributed by atoms with E-state index >= 15 is 0 Å². The van der Waals surface area contributed by atoms with Gasteiger partial charge in [0.05, 0.1) is 4.58 Å². The summed E-state index contributed by atoms with van der Waals surface area (Å²) < 4.78 is 6.17. The lowest BCUT2D eigenvalue weighted by Crippen LogP contribution is -2.20. The number of carbonyl (C=O) groups excluding carboxylic acids is 1. The first-order chi connectivity index (χ1) is 13.0. The minimum atomic E-state index is -0.154. The number of hydrogen-bond donors (Lipinski definition) is 1. The van der Waals surface area contributed by atoms with E-state index in [0.717, 1.165) is 22.7 Å². The third-order valence-electron chi connectivity index (χ3n) is 4.35. The number of nitrogens with one attached hydrogen (secondary N) is 1. The first-order valence-electron chi connectivity index (χ1n) is 9.07. The van der Waals surface area contributed by atoms with Gasteiger partial charge < -0.3 is 15.0 Å². The van der Waals surface area contributed by atoms with Crippen LogP contribution in [0.3, 0.4) is 0 Å². The van der Waals surface area contributed by atoms with Crippen molar-refractivity contribution in [3.63, 3.8) is 0 Å². The van der Waals surface area contributed by atoms with Gasteiger partial charge in [-0.05, 0) is 66.3 Å². The molecule has 0 saturated carbocycles. The number of nitrogens with zero attached hydrogens (tertiary/aromatic N) is 1. The summed E-state index contributed by atoms with van der Waals surface area (Å²) in [4.78, 5) is 14.3. The summed E-state index contributed by atoms with van der Waals surface area (Å²) in [5.74, 6) is 3.02. The summed E-state index contributed by atoms with van der Waals surface area (Å²) in [5, 5.41) is 2.92. The van der Waals surface area contributed by atoms with Gasteiger partial charge in [-0.2, -0.15) is 0 Å². The molecule has 0 spiro atoms. The van der Waals surface area contributed by atoms with Crippen LogP contribution in [0.5, 0.6) is 5.75 Å².